The number of thiazole rings is 1. The van der Waals surface area contributed by atoms with Gasteiger partial charge in [-0.1, -0.05) is 0 Å². The van der Waals surface area contributed by atoms with Crippen LogP contribution in [0.15, 0.2) is 58.9 Å². The lowest BCUT2D eigenvalue weighted by Crippen LogP contribution is -2.16. The molecule has 0 aliphatic heterocycles. The average Bonchev–Trinajstić information content (AvgIpc) is 3.22. The Morgan fingerprint density at radius 3 is 2.47 bits per heavy atom. The molecule has 0 aliphatic carbocycles. The lowest BCUT2D eigenvalue weighted by Gasteiger charge is -2.15. The van der Waals surface area contributed by atoms with Gasteiger partial charge in [-0.3, -0.25) is 4.79 Å². The SMILES string of the molecule is C[C@@H](CO)Oc1cc(NC(=O)c2nccs2)cc(Oc2ccc(S(C)(=O)=O)cc2)c1. The largest absolute Gasteiger partial charge is 0.488 e. The van der Waals surface area contributed by atoms with Crippen LogP contribution in [0.5, 0.6) is 17.2 Å². The number of nitrogens with zero attached hydrogens (tertiary/aromatic N) is 1. The maximum absolute atomic E-state index is 12.3. The number of ether oxygens (including phenoxy) is 2. The van der Waals surface area contributed by atoms with Gasteiger partial charge in [-0.25, -0.2) is 13.4 Å². The number of hydrogen-bond acceptors (Lipinski definition) is 8. The van der Waals surface area contributed by atoms with Crippen molar-refractivity contribution in [3.63, 3.8) is 0 Å². The van der Waals surface area contributed by atoms with Gasteiger partial charge in [0, 0.05) is 41.7 Å². The van der Waals surface area contributed by atoms with Crippen LogP contribution in [0, 0.1) is 0 Å². The van der Waals surface area contributed by atoms with E-state index in [1.165, 1.54) is 41.8 Å². The second kappa shape index (κ2) is 9.24. The minimum atomic E-state index is -3.31. The fourth-order valence-electron chi connectivity index (χ4n) is 2.45. The second-order valence-corrected chi connectivity index (χ2v) is 9.35. The van der Waals surface area contributed by atoms with Crippen molar-refractivity contribution >= 4 is 32.8 Å². The lowest BCUT2D eigenvalue weighted by molar-refractivity contribution is 0.102. The second-order valence-electron chi connectivity index (χ2n) is 6.44. The number of benzene rings is 2. The van der Waals surface area contributed by atoms with Crippen LogP contribution >= 0.6 is 11.3 Å². The molecule has 2 aromatic carbocycles. The van der Waals surface area contributed by atoms with E-state index in [9.17, 15) is 18.3 Å². The molecule has 0 unspecified atom stereocenters. The highest BCUT2D eigenvalue weighted by Crippen LogP contribution is 2.31. The van der Waals surface area contributed by atoms with Gasteiger partial charge in [0.1, 0.15) is 23.4 Å². The monoisotopic (exact) mass is 448 g/mol. The van der Waals surface area contributed by atoms with Crippen LogP contribution in [0.4, 0.5) is 5.69 Å². The van der Waals surface area contributed by atoms with Gasteiger partial charge in [-0.05, 0) is 31.2 Å². The number of nitrogens with one attached hydrogen (secondary N) is 1. The molecule has 3 rings (SSSR count). The van der Waals surface area contributed by atoms with Crippen LogP contribution in [-0.2, 0) is 9.84 Å². The lowest BCUT2D eigenvalue weighted by atomic mass is 10.2. The number of anilines is 1. The molecule has 30 heavy (non-hydrogen) atoms. The van der Waals surface area contributed by atoms with Gasteiger partial charge in [0.05, 0.1) is 11.5 Å². The summed E-state index contributed by atoms with van der Waals surface area (Å²) in [7, 11) is -3.31. The number of aliphatic hydroxyl groups is 1. The number of aromatic nitrogens is 1. The van der Waals surface area contributed by atoms with E-state index < -0.39 is 15.9 Å². The van der Waals surface area contributed by atoms with Gasteiger partial charge >= 0.3 is 0 Å². The number of aliphatic hydroxyl groups excluding tert-OH is 1. The van der Waals surface area contributed by atoms with E-state index in [4.69, 9.17) is 9.47 Å². The van der Waals surface area contributed by atoms with Crippen LogP contribution in [0.25, 0.3) is 0 Å². The normalized spacial score (nSPS) is 12.2. The Kier molecular flexibility index (Phi) is 6.70. The topological polar surface area (TPSA) is 115 Å². The van der Waals surface area contributed by atoms with Gasteiger partial charge in [-0.15, -0.1) is 11.3 Å². The van der Waals surface area contributed by atoms with E-state index in [0.717, 1.165) is 6.26 Å². The van der Waals surface area contributed by atoms with Gasteiger partial charge in [0.15, 0.2) is 14.8 Å². The van der Waals surface area contributed by atoms with Crippen LogP contribution < -0.4 is 14.8 Å². The van der Waals surface area contributed by atoms with Crippen LogP contribution in [0.1, 0.15) is 16.7 Å². The fourth-order valence-corrected chi connectivity index (χ4v) is 3.61. The highest BCUT2D eigenvalue weighted by molar-refractivity contribution is 7.90. The summed E-state index contributed by atoms with van der Waals surface area (Å²) in [6.45, 7) is 1.52. The van der Waals surface area contributed by atoms with Crippen molar-refractivity contribution in [2.75, 3.05) is 18.2 Å². The molecular formula is C20H20N2O6S2. The van der Waals surface area contributed by atoms with Gasteiger partial charge < -0.3 is 19.9 Å². The quantitative estimate of drug-likeness (QED) is 0.543. The van der Waals surface area contributed by atoms with Gasteiger partial charge in [-0.2, -0.15) is 0 Å². The molecule has 0 saturated carbocycles. The van der Waals surface area contributed by atoms with Crippen molar-refractivity contribution in [1.29, 1.82) is 0 Å². The first-order chi connectivity index (χ1) is 14.2. The third-order valence-electron chi connectivity index (χ3n) is 3.85. The molecule has 1 amide bonds. The Hall–Kier alpha value is -2.95. The fraction of sp³-hybridized carbons (Fsp3) is 0.200. The van der Waals surface area contributed by atoms with E-state index >= 15 is 0 Å². The summed E-state index contributed by atoms with van der Waals surface area (Å²) in [5.41, 5.74) is 0.417. The zero-order valence-electron chi connectivity index (χ0n) is 16.2. The zero-order chi connectivity index (χ0) is 21.7. The van der Waals surface area contributed by atoms with Crippen molar-refractivity contribution in [2.45, 2.75) is 17.9 Å². The van der Waals surface area contributed by atoms with Crippen molar-refractivity contribution in [3.05, 3.63) is 59.0 Å². The first-order valence-corrected chi connectivity index (χ1v) is 11.6. The minimum absolute atomic E-state index is 0.181. The van der Waals surface area contributed by atoms with E-state index in [1.54, 1.807) is 30.5 Å². The number of amides is 1. The standard InChI is InChI=1S/C20H20N2O6S2/c1-13(12-23)27-16-9-14(22-19(24)20-21-7-8-29-20)10-17(11-16)28-15-3-5-18(6-4-15)30(2,25)26/h3-11,13,23H,12H2,1-2H3,(H,22,24)/t13-/m0/s1. The Morgan fingerprint density at radius 1 is 1.17 bits per heavy atom. The predicted octanol–water partition coefficient (Wildman–Crippen LogP) is 3.35. The Labute approximate surface area is 178 Å². The van der Waals surface area contributed by atoms with Crippen LogP contribution in [0.3, 0.4) is 0 Å². The molecule has 0 fully saturated rings. The summed E-state index contributed by atoms with van der Waals surface area (Å²) in [5, 5.41) is 14.0. The van der Waals surface area contributed by atoms with Crippen molar-refractivity contribution in [1.82, 2.24) is 4.98 Å². The van der Waals surface area contributed by atoms with Crippen LogP contribution in [0.2, 0.25) is 0 Å². The van der Waals surface area contributed by atoms with Crippen molar-refractivity contribution < 1.29 is 27.8 Å². The molecule has 2 N–H and O–H groups in total. The maximum Gasteiger partial charge on any atom is 0.284 e. The smallest absolute Gasteiger partial charge is 0.284 e. The first-order valence-electron chi connectivity index (χ1n) is 8.86. The summed E-state index contributed by atoms with van der Waals surface area (Å²) in [4.78, 5) is 16.5. The minimum Gasteiger partial charge on any atom is -0.488 e. The van der Waals surface area contributed by atoms with E-state index in [2.05, 4.69) is 10.3 Å². The molecule has 0 saturated heterocycles. The first kappa shape index (κ1) is 21.8. The molecule has 0 spiro atoms. The van der Waals surface area contributed by atoms with E-state index in [0.29, 0.717) is 27.9 Å². The molecule has 1 atom stereocenters. The molecular weight excluding hydrogens is 428 g/mol. The highest BCUT2D eigenvalue weighted by atomic mass is 32.2. The van der Waals surface area contributed by atoms with Gasteiger partial charge in [0.25, 0.3) is 5.91 Å². The summed E-state index contributed by atoms with van der Waals surface area (Å²) in [6, 6.07) is 10.8. The zero-order valence-corrected chi connectivity index (χ0v) is 17.9. The van der Waals surface area contributed by atoms with Crippen LogP contribution in [-0.4, -0.2) is 43.4 Å². The Morgan fingerprint density at radius 2 is 1.87 bits per heavy atom. The molecule has 158 valence electrons. The summed E-state index contributed by atoms with van der Waals surface area (Å²) in [6.07, 6.45) is 2.21. The molecule has 10 heteroatoms. The Balaban J connectivity index is 1.86. The number of hydrogen-bond donors (Lipinski definition) is 2. The third-order valence-corrected chi connectivity index (χ3v) is 5.75. The molecule has 0 bridgehead atoms. The molecule has 1 aromatic heterocycles. The number of rotatable bonds is 8. The Bertz CT molecular complexity index is 1110. The predicted molar refractivity (Wildman–Crippen MR) is 113 cm³/mol. The maximum atomic E-state index is 12.3. The van der Waals surface area contributed by atoms with Crippen molar-refractivity contribution in [2.24, 2.45) is 0 Å². The summed E-state index contributed by atoms with van der Waals surface area (Å²) >= 11 is 1.21. The number of carbonyl (C=O) groups is 1. The molecule has 3 aromatic rings. The molecule has 0 aliphatic rings. The van der Waals surface area contributed by atoms with Crippen molar-refractivity contribution in [3.8, 4) is 17.2 Å². The van der Waals surface area contributed by atoms with E-state index in [-0.39, 0.29) is 17.4 Å². The van der Waals surface area contributed by atoms with Gasteiger partial charge in [0.2, 0.25) is 0 Å². The highest BCUT2D eigenvalue weighted by Gasteiger charge is 2.13. The molecule has 0 radical (unpaired) electrons. The number of carbonyl (C=O) groups excluding carboxylic acids is 1. The molecule has 1 heterocycles. The van der Waals surface area contributed by atoms with E-state index in [1.807, 2.05) is 0 Å². The summed E-state index contributed by atoms with van der Waals surface area (Å²) in [5.74, 6) is 0.781. The number of sulfone groups is 1. The summed E-state index contributed by atoms with van der Waals surface area (Å²) < 4.78 is 34.7. The average molecular weight is 449 g/mol. The third kappa shape index (κ3) is 5.78. The molecule has 8 nitrogen and oxygen atoms in total.